The maximum absolute atomic E-state index is 13.3. The Morgan fingerprint density at radius 3 is 2.61 bits per heavy atom. The quantitative estimate of drug-likeness (QED) is 0.120. The lowest BCUT2D eigenvalue weighted by Gasteiger charge is -2.20. The number of nitrogens with one attached hydrogen (secondary N) is 1. The van der Waals surface area contributed by atoms with Crippen LogP contribution < -0.4 is 16.5 Å². The van der Waals surface area contributed by atoms with E-state index < -0.39 is 0 Å². The third-order valence-electron chi connectivity index (χ3n) is 5.48. The number of hydrogen-bond acceptors (Lipinski definition) is 6. The van der Waals surface area contributed by atoms with E-state index in [1.165, 1.54) is 0 Å². The van der Waals surface area contributed by atoms with Crippen LogP contribution in [0.25, 0.3) is 22.3 Å². The molecule has 0 saturated carbocycles. The summed E-state index contributed by atoms with van der Waals surface area (Å²) < 4.78 is 6.36. The highest BCUT2D eigenvalue weighted by atomic mass is 35.5. The number of aryl methyl sites for hydroxylation is 1. The molecule has 0 aliphatic carbocycles. The molecule has 4 N–H and O–H groups in total. The van der Waals surface area contributed by atoms with Crippen molar-refractivity contribution >= 4 is 34.1 Å². The zero-order valence-corrected chi connectivity index (χ0v) is 19.1. The molecule has 8 heteroatoms. The van der Waals surface area contributed by atoms with Gasteiger partial charge in [0.2, 0.25) is 0 Å². The van der Waals surface area contributed by atoms with Gasteiger partial charge in [-0.05, 0) is 44.5 Å². The molecule has 0 radical (unpaired) electrons. The maximum Gasteiger partial charge on any atom is 0.196 e. The average Bonchev–Trinajstić information content (AvgIpc) is 2.82. The van der Waals surface area contributed by atoms with Crippen molar-refractivity contribution in [3.05, 3.63) is 92.4 Å². The van der Waals surface area contributed by atoms with Gasteiger partial charge in [-0.15, -0.1) is 0 Å². The maximum atomic E-state index is 13.3. The van der Waals surface area contributed by atoms with Crippen LogP contribution in [-0.4, -0.2) is 16.0 Å². The van der Waals surface area contributed by atoms with Crippen LogP contribution in [0.5, 0.6) is 0 Å². The fraction of sp³-hybridized carbons (Fsp3) is 0.160. The van der Waals surface area contributed by atoms with Gasteiger partial charge in [-0.3, -0.25) is 4.79 Å². The number of pyridine rings is 1. The first-order chi connectivity index (χ1) is 15.8. The largest absolute Gasteiger partial charge is 0.455 e. The van der Waals surface area contributed by atoms with Crippen LogP contribution in [0.2, 0.25) is 5.15 Å². The molecule has 0 amide bonds. The summed E-state index contributed by atoms with van der Waals surface area (Å²) in [5, 5.41) is 16.2. The average molecular weight is 463 g/mol. The number of nitrogens with zero attached hydrogens (tertiary/aromatic N) is 2. The van der Waals surface area contributed by atoms with E-state index >= 15 is 0 Å². The number of benzene rings is 2. The highest BCUT2D eigenvalue weighted by Crippen LogP contribution is 2.32. The summed E-state index contributed by atoms with van der Waals surface area (Å²) in [5.74, 6) is 0.366. The molecule has 33 heavy (non-hydrogen) atoms. The molecule has 168 valence electrons. The van der Waals surface area contributed by atoms with Crippen LogP contribution in [0.3, 0.4) is 0 Å². The van der Waals surface area contributed by atoms with Crippen LogP contribution in [0.1, 0.15) is 35.3 Å². The molecular weight excluding hydrogens is 440 g/mol. The predicted octanol–water partition coefficient (Wildman–Crippen LogP) is 5.39. The van der Waals surface area contributed by atoms with Gasteiger partial charge in [-0.1, -0.05) is 53.2 Å². The van der Waals surface area contributed by atoms with E-state index in [2.05, 4.69) is 15.5 Å². The Bertz CT molecular complexity index is 1430. The lowest BCUT2D eigenvalue weighted by Crippen LogP contribution is -2.19. The number of fused-ring (bicyclic) bond motifs is 1. The van der Waals surface area contributed by atoms with Crippen LogP contribution >= 0.6 is 11.6 Å². The molecule has 0 fully saturated rings. The number of anilines is 1. The molecule has 0 bridgehead atoms. The van der Waals surface area contributed by atoms with Crippen LogP contribution in [-0.2, 0) is 0 Å². The highest BCUT2D eigenvalue weighted by Gasteiger charge is 2.20. The monoisotopic (exact) mass is 462 g/mol. The molecule has 4 rings (SSSR count). The summed E-state index contributed by atoms with van der Waals surface area (Å²) in [6, 6.07) is 16.4. The normalized spacial score (nSPS) is 12.7. The number of nitrogens with two attached hydrogens (primary N) is 1. The van der Waals surface area contributed by atoms with Gasteiger partial charge in [-0.2, -0.15) is 0 Å². The van der Waals surface area contributed by atoms with Gasteiger partial charge in [0.05, 0.1) is 17.1 Å². The topological polar surface area (TPSA) is 114 Å². The van der Waals surface area contributed by atoms with Gasteiger partial charge in [0.15, 0.2) is 11.3 Å². The van der Waals surface area contributed by atoms with Crippen molar-refractivity contribution in [2.45, 2.75) is 26.8 Å². The van der Waals surface area contributed by atoms with E-state index in [-0.39, 0.29) is 28.2 Å². The summed E-state index contributed by atoms with van der Waals surface area (Å²) in [7, 11) is 0. The minimum absolute atomic E-state index is 0.0715. The smallest absolute Gasteiger partial charge is 0.196 e. The minimum Gasteiger partial charge on any atom is -0.455 e. The lowest BCUT2D eigenvalue weighted by molar-refractivity contribution is 0.318. The summed E-state index contributed by atoms with van der Waals surface area (Å²) >= 11 is 6.00. The van der Waals surface area contributed by atoms with E-state index in [4.69, 9.17) is 27.0 Å². The van der Waals surface area contributed by atoms with Crippen molar-refractivity contribution in [1.82, 2.24) is 4.98 Å². The number of halogens is 1. The third-order valence-corrected chi connectivity index (χ3v) is 5.69. The number of aromatic nitrogens is 1. The Balaban J connectivity index is 1.88. The van der Waals surface area contributed by atoms with Gasteiger partial charge >= 0.3 is 0 Å². The van der Waals surface area contributed by atoms with Crippen molar-refractivity contribution < 1.29 is 9.62 Å². The second-order valence-corrected chi connectivity index (χ2v) is 8.25. The molecule has 4 aromatic rings. The number of hydrogen-bond donors (Lipinski definition) is 3. The van der Waals surface area contributed by atoms with E-state index in [9.17, 15) is 4.79 Å². The molecule has 0 spiro atoms. The Labute approximate surface area is 195 Å². The van der Waals surface area contributed by atoms with Crippen molar-refractivity contribution in [3.63, 3.8) is 0 Å². The number of rotatable bonds is 5. The first-order valence-electron chi connectivity index (χ1n) is 10.3. The van der Waals surface area contributed by atoms with E-state index in [0.29, 0.717) is 28.0 Å². The van der Waals surface area contributed by atoms with Gasteiger partial charge < -0.3 is 20.7 Å². The molecule has 0 aliphatic heterocycles. The van der Waals surface area contributed by atoms with Gasteiger partial charge in [0.25, 0.3) is 0 Å². The van der Waals surface area contributed by atoms with Crippen molar-refractivity contribution in [1.29, 1.82) is 0 Å². The molecule has 2 aromatic carbocycles. The lowest BCUT2D eigenvalue weighted by atomic mass is 9.98. The highest BCUT2D eigenvalue weighted by molar-refractivity contribution is 6.29. The van der Waals surface area contributed by atoms with Crippen LogP contribution in [0.15, 0.2) is 69.0 Å². The van der Waals surface area contributed by atoms with E-state index in [1.807, 2.05) is 56.3 Å². The predicted molar refractivity (Wildman–Crippen MR) is 131 cm³/mol. The molecule has 0 saturated heterocycles. The first kappa shape index (κ1) is 22.4. The fourth-order valence-electron chi connectivity index (χ4n) is 3.86. The van der Waals surface area contributed by atoms with Crippen molar-refractivity contribution in [2.24, 2.45) is 10.9 Å². The molecule has 1 atom stereocenters. The van der Waals surface area contributed by atoms with Crippen LogP contribution in [0.4, 0.5) is 5.69 Å². The molecule has 2 heterocycles. The van der Waals surface area contributed by atoms with Gasteiger partial charge in [0, 0.05) is 16.7 Å². The summed E-state index contributed by atoms with van der Waals surface area (Å²) in [4.78, 5) is 17.4. The zero-order valence-electron chi connectivity index (χ0n) is 18.4. The molecule has 2 aromatic heterocycles. The number of amidine groups is 1. The van der Waals surface area contributed by atoms with E-state index in [0.717, 1.165) is 16.7 Å². The Morgan fingerprint density at radius 2 is 1.91 bits per heavy atom. The second-order valence-electron chi connectivity index (χ2n) is 7.86. The Kier molecular flexibility index (Phi) is 6.07. The fourth-order valence-corrected chi connectivity index (χ4v) is 4.01. The second kappa shape index (κ2) is 8.96. The standard InChI is InChI=1S/C25H23ClN4O3/c1-13-11-17(15(3)28-19-9-10-20(26)29-21(19)25(27)30-32)24-18(12-13)22(31)14(2)23(33-24)16-7-5-4-6-8-16/h4-12,15,28,32H,1-3H3,(H2,27,30)/t15-/m1/s1. The zero-order chi connectivity index (χ0) is 23.7. The molecular formula is C25H23ClN4O3. The van der Waals surface area contributed by atoms with Crippen molar-refractivity contribution in [2.75, 3.05) is 5.32 Å². The number of oxime groups is 1. The summed E-state index contributed by atoms with van der Waals surface area (Å²) in [6.45, 7) is 5.64. The summed E-state index contributed by atoms with van der Waals surface area (Å²) in [5.41, 5.74) is 10.1. The Hall–Kier alpha value is -3.84. The van der Waals surface area contributed by atoms with Crippen LogP contribution in [0, 0.1) is 13.8 Å². The molecule has 0 aliphatic rings. The van der Waals surface area contributed by atoms with Gasteiger partial charge in [0.1, 0.15) is 22.2 Å². The SMILES string of the molecule is Cc1cc([C@@H](C)Nc2ccc(Cl)nc2/C(N)=N/O)c2oc(-c3ccccc3)c(C)c(=O)c2c1. The molecule has 0 unspecified atom stereocenters. The minimum atomic E-state index is -0.310. The Morgan fingerprint density at radius 1 is 1.18 bits per heavy atom. The van der Waals surface area contributed by atoms with Crippen molar-refractivity contribution in [3.8, 4) is 11.3 Å². The van der Waals surface area contributed by atoms with E-state index in [1.54, 1.807) is 19.1 Å². The first-order valence-corrected chi connectivity index (χ1v) is 10.7. The van der Waals surface area contributed by atoms with Gasteiger partial charge in [-0.25, -0.2) is 4.98 Å². The third kappa shape index (κ3) is 4.27. The summed E-state index contributed by atoms with van der Waals surface area (Å²) in [6.07, 6.45) is 0. The molecule has 7 nitrogen and oxygen atoms in total.